The van der Waals surface area contributed by atoms with E-state index in [9.17, 15) is 19.2 Å². The highest BCUT2D eigenvalue weighted by atomic mass is 16.2. The zero-order valence-corrected chi connectivity index (χ0v) is 17.0. The van der Waals surface area contributed by atoms with Gasteiger partial charge in [0, 0.05) is 24.9 Å². The van der Waals surface area contributed by atoms with Crippen LogP contribution in [0.5, 0.6) is 0 Å². The van der Waals surface area contributed by atoms with E-state index in [2.05, 4.69) is 13.8 Å². The molecular weight excluding hydrogens is 376 g/mol. The summed E-state index contributed by atoms with van der Waals surface area (Å²) < 4.78 is 9.20. The summed E-state index contributed by atoms with van der Waals surface area (Å²) >= 11 is 0. The van der Waals surface area contributed by atoms with Crippen LogP contribution < -0.4 is 22.8 Å². The van der Waals surface area contributed by atoms with Crippen LogP contribution in [0.25, 0.3) is 0 Å². The maximum atomic E-state index is 13.1. The van der Waals surface area contributed by atoms with Gasteiger partial charge in [0.1, 0.15) is 0 Å². The molecule has 3 fully saturated rings. The predicted octanol–water partition coefficient (Wildman–Crippen LogP) is -0.785. The number of hydrogen-bond acceptors (Lipinski definition) is 4. The Morgan fingerprint density at radius 3 is 1.55 bits per heavy atom. The Morgan fingerprint density at radius 1 is 0.724 bits per heavy atom. The highest BCUT2D eigenvalue weighted by Gasteiger charge is 2.93. The van der Waals surface area contributed by atoms with E-state index < -0.39 is 11.1 Å². The zero-order chi connectivity index (χ0) is 20.5. The molecule has 0 amide bonds. The van der Waals surface area contributed by atoms with Gasteiger partial charge in [-0.25, -0.2) is 47.0 Å². The smallest absolute Gasteiger partial charge is 0.246 e. The van der Waals surface area contributed by atoms with Crippen LogP contribution in [-0.2, 0) is 25.2 Å². The van der Waals surface area contributed by atoms with Crippen molar-refractivity contribution in [1.29, 1.82) is 0 Å². The van der Waals surface area contributed by atoms with Crippen molar-refractivity contribution in [3.63, 3.8) is 0 Å². The molecule has 0 N–H and O–H groups in total. The Bertz CT molecular complexity index is 1310. The van der Waals surface area contributed by atoms with Crippen molar-refractivity contribution in [3.8, 4) is 0 Å². The quantitative estimate of drug-likeness (QED) is 0.579. The van der Waals surface area contributed by atoms with Crippen LogP contribution >= 0.6 is 0 Å². The van der Waals surface area contributed by atoms with Gasteiger partial charge in [-0.3, -0.25) is 0 Å². The van der Waals surface area contributed by atoms with Crippen molar-refractivity contribution in [2.75, 3.05) is 0 Å². The maximum absolute atomic E-state index is 13.1. The van der Waals surface area contributed by atoms with Gasteiger partial charge in [-0.1, -0.05) is 0 Å². The molecule has 10 heteroatoms. The number of rotatable bonds is 0. The van der Waals surface area contributed by atoms with Gasteiger partial charge in [0.2, 0.25) is 0 Å². The fourth-order valence-corrected chi connectivity index (χ4v) is 8.97. The first-order chi connectivity index (χ1) is 13.6. The summed E-state index contributed by atoms with van der Waals surface area (Å²) in [6.45, 7) is 4.20. The van der Waals surface area contributed by atoms with Gasteiger partial charge >= 0.3 is 22.8 Å². The van der Waals surface area contributed by atoms with Crippen molar-refractivity contribution in [2.45, 2.75) is 69.1 Å². The minimum absolute atomic E-state index is 0.119. The van der Waals surface area contributed by atoms with Crippen molar-refractivity contribution in [1.82, 2.24) is 27.9 Å². The van der Waals surface area contributed by atoms with Gasteiger partial charge in [0.15, 0.2) is 0 Å². The Kier molecular flexibility index (Phi) is 2.20. The Morgan fingerprint density at radius 2 is 1.14 bits per heavy atom. The average molecular weight is 400 g/mol. The molecule has 0 saturated heterocycles. The summed E-state index contributed by atoms with van der Waals surface area (Å²) in [5.74, 6) is 0. The molecule has 2 aromatic rings. The second kappa shape index (κ2) is 3.91. The lowest BCUT2D eigenvalue weighted by atomic mass is 9.50. The molecule has 9 rings (SSSR count). The number of hydrogen-bond donors (Lipinski definition) is 0. The summed E-state index contributed by atoms with van der Waals surface area (Å²) in [6.07, 6.45) is 4.09. The summed E-state index contributed by atoms with van der Waals surface area (Å²) in [7, 11) is 3.08. The van der Waals surface area contributed by atoms with Crippen molar-refractivity contribution < 1.29 is 0 Å². The number of aromatic nitrogens is 6. The van der Waals surface area contributed by atoms with Crippen molar-refractivity contribution in [2.24, 2.45) is 24.9 Å². The van der Waals surface area contributed by atoms with Gasteiger partial charge < -0.3 is 0 Å². The standard InChI is InChI=1S/C19H24N6O4/c1-16-7-5-10(22-12(26)20(3)14(28)24(16)22)18-9-19(16,18)17(2)8-6-11(18)23-13(27)21(4)15(29)25(17)23/h10-11H,5-9H2,1-4H3/t10-,11+,16+,17-,18?,19?. The molecule has 6 heterocycles. The van der Waals surface area contributed by atoms with E-state index >= 15 is 0 Å². The molecule has 154 valence electrons. The highest BCUT2D eigenvalue weighted by molar-refractivity contribution is 5.41. The van der Waals surface area contributed by atoms with E-state index in [-0.39, 0.29) is 45.7 Å². The molecule has 29 heavy (non-hydrogen) atoms. The van der Waals surface area contributed by atoms with Crippen molar-refractivity contribution >= 4 is 0 Å². The molecule has 3 aliphatic carbocycles. The van der Waals surface area contributed by atoms with Crippen LogP contribution in [0.2, 0.25) is 0 Å². The van der Waals surface area contributed by atoms with Gasteiger partial charge in [-0.2, -0.15) is 0 Å². The first kappa shape index (κ1) is 16.3. The van der Waals surface area contributed by atoms with E-state index in [1.165, 1.54) is 23.2 Å². The van der Waals surface area contributed by atoms with E-state index in [0.29, 0.717) is 0 Å². The molecule has 4 bridgehead atoms. The second-order valence-electron chi connectivity index (χ2n) is 10.3. The van der Waals surface area contributed by atoms with E-state index in [4.69, 9.17) is 0 Å². The normalized spacial score (nSPS) is 45.0. The summed E-state index contributed by atoms with van der Waals surface area (Å²) in [5, 5.41) is 0. The largest absolute Gasteiger partial charge is 0.347 e. The Balaban J connectivity index is 1.68. The summed E-state index contributed by atoms with van der Waals surface area (Å²) in [4.78, 5) is 52.3. The van der Waals surface area contributed by atoms with Gasteiger partial charge in [-0.15, -0.1) is 0 Å². The lowest BCUT2D eigenvalue weighted by Gasteiger charge is -2.66. The van der Waals surface area contributed by atoms with Crippen LogP contribution in [0, 0.1) is 10.8 Å². The molecule has 0 radical (unpaired) electrons. The molecule has 6 atom stereocenters. The number of fused-ring (bicyclic) bond motifs is 2. The summed E-state index contributed by atoms with van der Waals surface area (Å²) in [5.41, 5.74) is -2.81. The molecule has 0 aromatic carbocycles. The van der Waals surface area contributed by atoms with Crippen LogP contribution in [0.1, 0.15) is 58.0 Å². The summed E-state index contributed by atoms with van der Waals surface area (Å²) in [6, 6.07) is -0.238. The van der Waals surface area contributed by atoms with E-state index in [1.807, 2.05) is 0 Å². The Hall–Kier alpha value is -2.52. The third-order valence-corrected chi connectivity index (χ3v) is 9.92. The molecular formula is C19H24N6O4. The number of nitrogens with zero attached hydrogens (tertiary/aromatic N) is 6. The van der Waals surface area contributed by atoms with E-state index in [0.717, 1.165) is 32.1 Å². The monoisotopic (exact) mass is 400 g/mol. The van der Waals surface area contributed by atoms with E-state index in [1.54, 1.807) is 18.7 Å². The maximum Gasteiger partial charge on any atom is 0.347 e. The minimum atomic E-state index is -0.566. The molecule has 7 aliphatic rings. The molecule has 10 nitrogen and oxygen atoms in total. The molecule has 3 saturated carbocycles. The first-order valence-corrected chi connectivity index (χ1v) is 10.4. The van der Waals surface area contributed by atoms with Gasteiger partial charge in [0.25, 0.3) is 0 Å². The van der Waals surface area contributed by atoms with Crippen molar-refractivity contribution in [3.05, 3.63) is 41.9 Å². The molecule has 4 aliphatic heterocycles. The molecule has 0 spiro atoms. The second-order valence-corrected chi connectivity index (χ2v) is 10.3. The third kappa shape index (κ3) is 1.11. The minimum Gasteiger partial charge on any atom is -0.246 e. The third-order valence-electron chi connectivity index (χ3n) is 9.92. The van der Waals surface area contributed by atoms with Crippen LogP contribution in [0.4, 0.5) is 0 Å². The van der Waals surface area contributed by atoms with Gasteiger partial charge in [0.05, 0.1) is 23.2 Å². The van der Waals surface area contributed by atoms with Crippen LogP contribution in [-0.4, -0.2) is 27.9 Å². The average Bonchev–Trinajstić information content (AvgIpc) is 3.36. The topological polar surface area (TPSA) is 97.9 Å². The van der Waals surface area contributed by atoms with Crippen LogP contribution in [0.3, 0.4) is 0 Å². The fourth-order valence-electron chi connectivity index (χ4n) is 8.97. The Labute approximate surface area is 164 Å². The predicted molar refractivity (Wildman–Crippen MR) is 101 cm³/mol. The fraction of sp³-hybridized carbons (Fsp3) is 0.789. The SMILES string of the molecule is Cn1c(=O)n2n(c1=O)[C@]1(C)CC[C@H]2C23CC21[C@]1(C)CC[C@H]3n2c(=O)n(C)c(=O)n21. The van der Waals surface area contributed by atoms with Gasteiger partial charge in [-0.05, 0) is 46.0 Å². The first-order valence-electron chi connectivity index (χ1n) is 10.4. The van der Waals surface area contributed by atoms with Crippen LogP contribution in [0.15, 0.2) is 19.2 Å². The molecule has 2 aromatic heterocycles. The molecule has 2 unspecified atom stereocenters. The lowest BCUT2D eigenvalue weighted by Crippen LogP contribution is -2.73. The lowest BCUT2D eigenvalue weighted by molar-refractivity contribution is -0.188. The zero-order valence-electron chi connectivity index (χ0n) is 17.0. The highest BCUT2D eigenvalue weighted by Crippen LogP contribution is 2.92.